The number of hydrogen-bond donors (Lipinski definition) is 0. The van der Waals surface area contributed by atoms with E-state index in [2.05, 4.69) is 15.9 Å². The van der Waals surface area contributed by atoms with Gasteiger partial charge in [-0.2, -0.15) is 0 Å². The van der Waals surface area contributed by atoms with Crippen LogP contribution < -0.4 is 0 Å². The van der Waals surface area contributed by atoms with Crippen LogP contribution in [0.15, 0.2) is 28.7 Å². The van der Waals surface area contributed by atoms with Crippen molar-refractivity contribution in [2.75, 3.05) is 19.1 Å². The smallest absolute Gasteiger partial charge is 0.237 e. The third kappa shape index (κ3) is 4.87. The summed E-state index contributed by atoms with van der Waals surface area (Å²) in [5.41, 5.74) is 0.942. The van der Waals surface area contributed by atoms with Gasteiger partial charge in [0.05, 0.1) is 0 Å². The summed E-state index contributed by atoms with van der Waals surface area (Å²) in [6, 6.07) is 7.51. The van der Waals surface area contributed by atoms with E-state index in [1.807, 2.05) is 24.3 Å². The number of sulfone groups is 1. The van der Waals surface area contributed by atoms with Gasteiger partial charge >= 0.3 is 0 Å². The van der Waals surface area contributed by atoms with Gasteiger partial charge in [-0.25, -0.2) is 8.42 Å². The molecule has 6 heteroatoms. The van der Waals surface area contributed by atoms with Gasteiger partial charge in [0.25, 0.3) is 0 Å². The Balaban J connectivity index is 2.70. The molecule has 0 atom stereocenters. The Labute approximate surface area is 110 Å². The molecule has 0 N–H and O–H groups in total. The van der Waals surface area contributed by atoms with Crippen molar-refractivity contribution in [3.63, 3.8) is 0 Å². The van der Waals surface area contributed by atoms with E-state index < -0.39 is 21.5 Å². The molecule has 0 aliphatic carbocycles. The third-order valence-corrected chi connectivity index (χ3v) is 3.72. The Morgan fingerprint density at radius 1 is 1.35 bits per heavy atom. The lowest BCUT2D eigenvalue weighted by Crippen LogP contribution is -2.31. The molecule has 0 unspecified atom stereocenters. The molecule has 0 heterocycles. The zero-order valence-electron chi connectivity index (χ0n) is 9.68. The summed E-state index contributed by atoms with van der Waals surface area (Å²) in [6.07, 6.45) is 1.05. The molecule has 0 spiro atoms. The van der Waals surface area contributed by atoms with E-state index in [0.29, 0.717) is 6.54 Å². The number of hydrogen-bond acceptors (Lipinski definition) is 3. The van der Waals surface area contributed by atoms with Crippen LogP contribution >= 0.6 is 15.9 Å². The number of carbonyl (C=O) groups excluding carboxylic acids is 1. The van der Waals surface area contributed by atoms with Gasteiger partial charge in [0, 0.05) is 24.3 Å². The van der Waals surface area contributed by atoms with Crippen LogP contribution in [0, 0.1) is 0 Å². The summed E-state index contributed by atoms with van der Waals surface area (Å²) in [7, 11) is -1.68. The summed E-state index contributed by atoms with van der Waals surface area (Å²) in [5.74, 6) is -0.850. The van der Waals surface area contributed by atoms with E-state index in [1.165, 1.54) is 4.90 Å². The minimum Gasteiger partial charge on any atom is -0.341 e. The quantitative estimate of drug-likeness (QED) is 0.844. The Morgan fingerprint density at radius 3 is 2.47 bits per heavy atom. The molecule has 4 nitrogen and oxygen atoms in total. The van der Waals surface area contributed by atoms with E-state index in [0.717, 1.165) is 16.3 Å². The average Bonchev–Trinajstić information content (AvgIpc) is 2.18. The first kappa shape index (κ1) is 14.2. The van der Waals surface area contributed by atoms with Crippen molar-refractivity contribution in [1.29, 1.82) is 0 Å². The van der Waals surface area contributed by atoms with Gasteiger partial charge in [-0.3, -0.25) is 4.79 Å². The molecule has 0 fully saturated rings. The molecule has 94 valence electrons. The molecule has 1 aromatic rings. The largest absolute Gasteiger partial charge is 0.341 e. The SMILES string of the molecule is CN(Cc1ccccc1Br)C(=O)CS(C)(=O)=O. The van der Waals surface area contributed by atoms with Crippen LogP contribution in [0.4, 0.5) is 0 Å². The van der Waals surface area contributed by atoms with E-state index in [1.54, 1.807) is 7.05 Å². The van der Waals surface area contributed by atoms with Crippen molar-refractivity contribution in [2.24, 2.45) is 0 Å². The van der Waals surface area contributed by atoms with Gasteiger partial charge in [0.2, 0.25) is 5.91 Å². The van der Waals surface area contributed by atoms with Gasteiger partial charge in [-0.1, -0.05) is 34.1 Å². The summed E-state index contributed by atoms with van der Waals surface area (Å²) in [4.78, 5) is 13.0. The molecule has 0 aliphatic heterocycles. The lowest BCUT2D eigenvalue weighted by Gasteiger charge is -2.17. The van der Waals surface area contributed by atoms with E-state index >= 15 is 0 Å². The predicted octanol–water partition coefficient (Wildman–Crippen LogP) is 1.45. The Morgan fingerprint density at radius 2 is 1.94 bits per heavy atom. The fourth-order valence-electron chi connectivity index (χ4n) is 1.30. The van der Waals surface area contributed by atoms with Crippen molar-refractivity contribution in [2.45, 2.75) is 6.54 Å². The minimum absolute atomic E-state index is 0.385. The first-order chi connectivity index (χ1) is 7.79. The summed E-state index contributed by atoms with van der Waals surface area (Å²) in [6.45, 7) is 0.385. The average molecular weight is 320 g/mol. The fourth-order valence-corrected chi connectivity index (χ4v) is 2.38. The monoisotopic (exact) mass is 319 g/mol. The number of carbonyl (C=O) groups is 1. The van der Waals surface area contributed by atoms with Crippen molar-refractivity contribution >= 4 is 31.7 Å². The Kier molecular flexibility index (Phi) is 4.70. The fraction of sp³-hybridized carbons (Fsp3) is 0.364. The molecule has 0 saturated carbocycles. The first-order valence-electron chi connectivity index (χ1n) is 4.94. The molecule has 1 amide bonds. The number of amides is 1. The lowest BCUT2D eigenvalue weighted by atomic mass is 10.2. The molecule has 0 bridgehead atoms. The Hall–Kier alpha value is -0.880. The Bertz CT molecular complexity index is 513. The number of rotatable bonds is 4. The van der Waals surface area contributed by atoms with Crippen LogP contribution in [0.25, 0.3) is 0 Å². The topological polar surface area (TPSA) is 54.5 Å². The highest BCUT2D eigenvalue weighted by molar-refractivity contribution is 9.10. The van der Waals surface area contributed by atoms with Crippen molar-refractivity contribution in [3.05, 3.63) is 34.3 Å². The highest BCUT2D eigenvalue weighted by atomic mass is 79.9. The van der Waals surface area contributed by atoms with Gasteiger partial charge in [-0.05, 0) is 11.6 Å². The second kappa shape index (κ2) is 5.64. The molecular formula is C11H14BrNO3S. The maximum Gasteiger partial charge on any atom is 0.237 e. The van der Waals surface area contributed by atoms with Crippen LogP contribution in [-0.4, -0.2) is 38.3 Å². The molecule has 1 rings (SSSR count). The maximum absolute atomic E-state index is 11.6. The van der Waals surface area contributed by atoms with E-state index in [4.69, 9.17) is 0 Å². The summed E-state index contributed by atoms with van der Waals surface area (Å²) < 4.78 is 22.9. The van der Waals surface area contributed by atoms with Crippen molar-refractivity contribution in [1.82, 2.24) is 4.90 Å². The number of halogens is 1. The molecule has 0 radical (unpaired) electrons. The maximum atomic E-state index is 11.6. The van der Waals surface area contributed by atoms with Gasteiger partial charge < -0.3 is 4.90 Å². The highest BCUT2D eigenvalue weighted by Crippen LogP contribution is 2.17. The zero-order valence-corrected chi connectivity index (χ0v) is 12.1. The molecule has 0 saturated heterocycles. The molecule has 17 heavy (non-hydrogen) atoms. The predicted molar refractivity (Wildman–Crippen MR) is 70.3 cm³/mol. The zero-order chi connectivity index (χ0) is 13.1. The van der Waals surface area contributed by atoms with Crippen LogP contribution in [0.2, 0.25) is 0 Å². The van der Waals surface area contributed by atoms with Gasteiger partial charge in [0.1, 0.15) is 5.75 Å². The molecule has 0 aliphatic rings. The van der Waals surface area contributed by atoms with Gasteiger partial charge in [-0.15, -0.1) is 0 Å². The lowest BCUT2D eigenvalue weighted by molar-refractivity contribution is -0.127. The van der Waals surface area contributed by atoms with Gasteiger partial charge in [0.15, 0.2) is 9.84 Å². The second-order valence-electron chi connectivity index (χ2n) is 3.91. The second-order valence-corrected chi connectivity index (χ2v) is 6.91. The van der Waals surface area contributed by atoms with Crippen molar-refractivity contribution < 1.29 is 13.2 Å². The minimum atomic E-state index is -3.27. The van der Waals surface area contributed by atoms with Crippen LogP contribution in [0.5, 0.6) is 0 Å². The molecular weight excluding hydrogens is 306 g/mol. The third-order valence-electron chi connectivity index (χ3n) is 2.18. The highest BCUT2D eigenvalue weighted by Gasteiger charge is 2.16. The van der Waals surface area contributed by atoms with Crippen LogP contribution in [0.3, 0.4) is 0 Å². The number of nitrogens with zero attached hydrogens (tertiary/aromatic N) is 1. The normalized spacial score (nSPS) is 11.2. The van der Waals surface area contributed by atoms with Crippen LogP contribution in [-0.2, 0) is 21.2 Å². The summed E-state index contributed by atoms with van der Waals surface area (Å²) >= 11 is 3.38. The standard InChI is InChI=1S/C11H14BrNO3S/c1-13(11(14)8-17(2,15)16)7-9-5-3-4-6-10(9)12/h3-6H,7-8H2,1-2H3. The number of benzene rings is 1. The molecule has 0 aromatic heterocycles. The van der Waals surface area contributed by atoms with E-state index in [-0.39, 0.29) is 0 Å². The molecule has 1 aromatic carbocycles. The summed E-state index contributed by atoms with van der Waals surface area (Å²) in [5, 5.41) is 0. The van der Waals surface area contributed by atoms with E-state index in [9.17, 15) is 13.2 Å². The first-order valence-corrected chi connectivity index (χ1v) is 7.80. The van der Waals surface area contributed by atoms with Crippen molar-refractivity contribution in [3.8, 4) is 0 Å². The van der Waals surface area contributed by atoms with Crippen LogP contribution in [0.1, 0.15) is 5.56 Å².